The molecule has 6 heteroatoms. The molecule has 2 aliphatic rings. The van der Waals surface area contributed by atoms with Crippen molar-refractivity contribution in [1.29, 1.82) is 0 Å². The van der Waals surface area contributed by atoms with Crippen molar-refractivity contribution in [2.24, 2.45) is 0 Å². The Labute approximate surface area is 110 Å². The number of morpholine rings is 1. The number of carboxylic acid groups (broad SMARTS) is 1. The predicted octanol–water partition coefficient (Wildman–Crippen LogP) is 0.783. The van der Waals surface area contributed by atoms with Crippen LogP contribution in [0.4, 0.5) is 0 Å². The number of ether oxygens (including phenoxy) is 1. The van der Waals surface area contributed by atoms with Gasteiger partial charge in [0.05, 0.1) is 12.2 Å². The molecule has 1 aromatic heterocycles. The number of hydrogen-bond acceptors (Lipinski definition) is 4. The first-order valence-electron chi connectivity index (χ1n) is 6.27. The summed E-state index contributed by atoms with van der Waals surface area (Å²) in [5, 5.41) is 8.89. The third-order valence-electron chi connectivity index (χ3n) is 3.56. The lowest BCUT2D eigenvalue weighted by molar-refractivity contribution is -0.0303. The molecule has 0 aliphatic carbocycles. The van der Waals surface area contributed by atoms with Gasteiger partial charge in [-0.05, 0) is 25.0 Å². The fourth-order valence-corrected chi connectivity index (χ4v) is 2.64. The molecule has 2 saturated heterocycles. The van der Waals surface area contributed by atoms with Crippen LogP contribution in [0.15, 0.2) is 18.3 Å². The number of carboxylic acids is 1. The Balaban J connectivity index is 1.80. The van der Waals surface area contributed by atoms with Crippen molar-refractivity contribution >= 4 is 11.9 Å². The van der Waals surface area contributed by atoms with Crippen LogP contribution in [-0.2, 0) is 4.74 Å². The molecule has 2 aliphatic heterocycles. The summed E-state index contributed by atoms with van der Waals surface area (Å²) in [5.41, 5.74) is 0.260. The third kappa shape index (κ3) is 2.31. The van der Waals surface area contributed by atoms with E-state index in [9.17, 15) is 9.59 Å². The molecule has 19 heavy (non-hydrogen) atoms. The van der Waals surface area contributed by atoms with Crippen molar-refractivity contribution in [2.75, 3.05) is 13.1 Å². The Morgan fingerprint density at radius 2 is 2.00 bits per heavy atom. The zero-order valence-corrected chi connectivity index (χ0v) is 10.3. The molecule has 0 saturated carbocycles. The van der Waals surface area contributed by atoms with Crippen LogP contribution in [0.3, 0.4) is 0 Å². The lowest BCUT2D eigenvalue weighted by atomic mass is 10.2. The molecule has 3 rings (SSSR count). The van der Waals surface area contributed by atoms with Crippen molar-refractivity contribution in [1.82, 2.24) is 9.88 Å². The summed E-state index contributed by atoms with van der Waals surface area (Å²) in [7, 11) is 0. The number of aromatic carboxylic acids is 1. The summed E-state index contributed by atoms with van der Waals surface area (Å²) in [5.74, 6) is -1.28. The second kappa shape index (κ2) is 4.62. The second-order valence-corrected chi connectivity index (χ2v) is 4.90. The maximum absolute atomic E-state index is 12.3. The highest BCUT2D eigenvalue weighted by Crippen LogP contribution is 2.27. The summed E-state index contributed by atoms with van der Waals surface area (Å²) in [6.45, 7) is 1.17. The van der Waals surface area contributed by atoms with E-state index >= 15 is 0 Å². The van der Waals surface area contributed by atoms with E-state index < -0.39 is 5.97 Å². The molecule has 1 aromatic rings. The Bertz CT molecular complexity index is 519. The summed E-state index contributed by atoms with van der Waals surface area (Å²) in [6, 6.07) is 2.87. The standard InChI is InChI=1S/C13H14N2O4/c16-12(8-3-4-14-11(5-8)13(17)18)15-6-9-1-2-10(7-15)19-9/h3-5,9-10H,1-2,6-7H2,(H,17,18). The average Bonchev–Trinajstić information content (AvgIpc) is 2.76. The molecule has 100 valence electrons. The molecule has 0 radical (unpaired) electrons. The monoisotopic (exact) mass is 262 g/mol. The molecule has 1 N–H and O–H groups in total. The van der Waals surface area contributed by atoms with Crippen LogP contribution in [0.25, 0.3) is 0 Å². The summed E-state index contributed by atoms with van der Waals surface area (Å²) < 4.78 is 5.68. The number of rotatable bonds is 2. The minimum atomic E-state index is -1.13. The van der Waals surface area contributed by atoms with Crippen LogP contribution in [0, 0.1) is 0 Å². The van der Waals surface area contributed by atoms with Crippen LogP contribution in [0.2, 0.25) is 0 Å². The normalized spacial score (nSPS) is 25.4. The first-order chi connectivity index (χ1) is 9.13. The van der Waals surface area contributed by atoms with Gasteiger partial charge >= 0.3 is 5.97 Å². The SMILES string of the molecule is O=C(O)c1cc(C(=O)N2CC3CCC(C2)O3)ccn1. The summed E-state index contributed by atoms with van der Waals surface area (Å²) >= 11 is 0. The fraction of sp³-hybridized carbons (Fsp3) is 0.462. The third-order valence-corrected chi connectivity index (χ3v) is 3.56. The molecule has 2 unspecified atom stereocenters. The zero-order valence-electron chi connectivity index (χ0n) is 10.3. The van der Waals surface area contributed by atoms with E-state index in [2.05, 4.69) is 4.98 Å². The Hall–Kier alpha value is -1.95. The van der Waals surface area contributed by atoms with Gasteiger partial charge in [0.1, 0.15) is 5.69 Å². The van der Waals surface area contributed by atoms with Crippen molar-refractivity contribution < 1.29 is 19.4 Å². The first kappa shape index (κ1) is 12.1. The molecular formula is C13H14N2O4. The van der Waals surface area contributed by atoms with Crippen LogP contribution in [-0.4, -0.2) is 52.2 Å². The maximum atomic E-state index is 12.3. The van der Waals surface area contributed by atoms with E-state index in [1.165, 1.54) is 12.3 Å². The van der Waals surface area contributed by atoms with E-state index in [0.29, 0.717) is 18.7 Å². The van der Waals surface area contributed by atoms with Crippen LogP contribution in [0.5, 0.6) is 0 Å². The second-order valence-electron chi connectivity index (χ2n) is 4.90. The number of nitrogens with zero attached hydrogens (tertiary/aromatic N) is 2. The highest BCUT2D eigenvalue weighted by molar-refractivity contribution is 5.96. The number of hydrogen-bond donors (Lipinski definition) is 1. The van der Waals surface area contributed by atoms with Crippen LogP contribution < -0.4 is 0 Å². The van der Waals surface area contributed by atoms with Crippen LogP contribution in [0.1, 0.15) is 33.7 Å². The number of amides is 1. The van der Waals surface area contributed by atoms with Gasteiger partial charge in [0.25, 0.3) is 5.91 Å². The molecule has 2 fully saturated rings. The highest BCUT2D eigenvalue weighted by Gasteiger charge is 2.36. The number of pyridine rings is 1. The minimum absolute atomic E-state index is 0.109. The number of carbonyl (C=O) groups excluding carboxylic acids is 1. The van der Waals surface area contributed by atoms with Gasteiger partial charge in [0.15, 0.2) is 0 Å². The Kier molecular flexibility index (Phi) is 2.94. The molecule has 0 spiro atoms. The lowest BCUT2D eigenvalue weighted by Gasteiger charge is -2.32. The van der Waals surface area contributed by atoms with Gasteiger partial charge in [-0.2, -0.15) is 0 Å². The average molecular weight is 262 g/mol. The number of fused-ring (bicyclic) bond motifs is 2. The molecule has 6 nitrogen and oxygen atoms in total. The van der Waals surface area contributed by atoms with Crippen molar-refractivity contribution in [3.63, 3.8) is 0 Å². The van der Waals surface area contributed by atoms with E-state index in [1.807, 2.05) is 0 Å². The molecule has 2 bridgehead atoms. The van der Waals surface area contributed by atoms with Gasteiger partial charge in [-0.3, -0.25) is 4.79 Å². The summed E-state index contributed by atoms with van der Waals surface area (Å²) in [4.78, 5) is 28.7. The van der Waals surface area contributed by atoms with E-state index in [1.54, 1.807) is 11.0 Å². The van der Waals surface area contributed by atoms with Crippen molar-refractivity contribution in [3.8, 4) is 0 Å². The molecule has 3 heterocycles. The fourth-order valence-electron chi connectivity index (χ4n) is 2.64. The Morgan fingerprint density at radius 1 is 1.32 bits per heavy atom. The topological polar surface area (TPSA) is 79.7 Å². The van der Waals surface area contributed by atoms with E-state index in [0.717, 1.165) is 12.8 Å². The van der Waals surface area contributed by atoms with Crippen molar-refractivity contribution in [2.45, 2.75) is 25.0 Å². The van der Waals surface area contributed by atoms with E-state index in [-0.39, 0.29) is 23.8 Å². The first-order valence-corrected chi connectivity index (χ1v) is 6.27. The van der Waals surface area contributed by atoms with Gasteiger partial charge in [-0.1, -0.05) is 0 Å². The number of likely N-dealkylation sites (tertiary alicyclic amines) is 1. The van der Waals surface area contributed by atoms with Gasteiger partial charge < -0.3 is 14.7 Å². The largest absolute Gasteiger partial charge is 0.477 e. The molecule has 1 amide bonds. The van der Waals surface area contributed by atoms with Crippen LogP contribution >= 0.6 is 0 Å². The maximum Gasteiger partial charge on any atom is 0.354 e. The smallest absolute Gasteiger partial charge is 0.354 e. The summed E-state index contributed by atoms with van der Waals surface area (Å²) in [6.07, 6.45) is 3.59. The number of carbonyl (C=O) groups is 2. The highest BCUT2D eigenvalue weighted by atomic mass is 16.5. The van der Waals surface area contributed by atoms with Gasteiger partial charge in [0, 0.05) is 24.8 Å². The van der Waals surface area contributed by atoms with Gasteiger partial charge in [-0.15, -0.1) is 0 Å². The minimum Gasteiger partial charge on any atom is -0.477 e. The molecular weight excluding hydrogens is 248 g/mol. The lowest BCUT2D eigenvalue weighted by Crippen LogP contribution is -2.45. The van der Waals surface area contributed by atoms with Gasteiger partial charge in [-0.25, -0.2) is 9.78 Å². The Morgan fingerprint density at radius 3 is 2.63 bits per heavy atom. The molecule has 2 atom stereocenters. The predicted molar refractivity (Wildman–Crippen MR) is 65.0 cm³/mol. The van der Waals surface area contributed by atoms with E-state index in [4.69, 9.17) is 9.84 Å². The van der Waals surface area contributed by atoms with Crippen molar-refractivity contribution in [3.05, 3.63) is 29.6 Å². The molecule has 0 aromatic carbocycles. The van der Waals surface area contributed by atoms with Gasteiger partial charge in [0.2, 0.25) is 0 Å². The quantitative estimate of drug-likeness (QED) is 0.852. The number of aromatic nitrogens is 1. The zero-order chi connectivity index (χ0) is 13.4.